The highest BCUT2D eigenvalue weighted by Crippen LogP contribution is 2.11. The summed E-state index contributed by atoms with van der Waals surface area (Å²) in [5.74, 6) is 0.0177. The molecule has 0 radical (unpaired) electrons. The van der Waals surface area contributed by atoms with E-state index in [1.54, 1.807) is 4.90 Å². The van der Waals surface area contributed by atoms with Crippen LogP contribution in [-0.4, -0.2) is 35.6 Å². The Balaban J connectivity index is 2.61. The number of hydrogen-bond donors (Lipinski definition) is 1. The first-order valence-corrected chi connectivity index (χ1v) is 7.92. The lowest BCUT2D eigenvalue weighted by Crippen LogP contribution is -2.34. The van der Waals surface area contributed by atoms with E-state index in [1.165, 1.54) is 12.8 Å². The monoisotopic (exact) mass is 375 g/mol. The van der Waals surface area contributed by atoms with Crippen molar-refractivity contribution < 1.29 is 9.90 Å². The molecule has 1 rings (SSSR count). The summed E-state index contributed by atoms with van der Waals surface area (Å²) >= 11 is 2.20. The predicted octanol–water partition coefficient (Wildman–Crippen LogP) is 3.31. The van der Waals surface area contributed by atoms with Crippen LogP contribution in [-0.2, 0) is 0 Å². The van der Waals surface area contributed by atoms with Gasteiger partial charge in [0, 0.05) is 22.2 Å². The van der Waals surface area contributed by atoms with Gasteiger partial charge in [-0.2, -0.15) is 0 Å². The lowest BCUT2D eigenvalue weighted by molar-refractivity contribution is 0.0718. The van der Waals surface area contributed by atoms with Crippen LogP contribution in [0.25, 0.3) is 0 Å². The average molecular weight is 375 g/mol. The number of unbranched alkanes of at least 4 members (excludes halogenated alkanes) is 3. The minimum atomic E-state index is 0.0173. The second-order valence-corrected chi connectivity index (χ2v) is 5.83. The first-order valence-electron chi connectivity index (χ1n) is 6.84. The quantitative estimate of drug-likeness (QED) is 0.560. The van der Waals surface area contributed by atoms with E-state index in [2.05, 4.69) is 29.5 Å². The van der Waals surface area contributed by atoms with Gasteiger partial charge in [0.15, 0.2) is 0 Å². The van der Waals surface area contributed by atoms with Crippen LogP contribution in [0.15, 0.2) is 24.3 Å². The molecule has 0 unspecified atom stereocenters. The van der Waals surface area contributed by atoms with Crippen molar-refractivity contribution in [3.8, 4) is 0 Å². The lowest BCUT2D eigenvalue weighted by Gasteiger charge is -2.22. The highest BCUT2D eigenvalue weighted by atomic mass is 127. The molecule has 106 valence electrons. The Morgan fingerprint density at radius 3 is 2.68 bits per heavy atom. The second kappa shape index (κ2) is 9.31. The van der Waals surface area contributed by atoms with E-state index < -0.39 is 0 Å². The largest absolute Gasteiger partial charge is 0.395 e. The van der Waals surface area contributed by atoms with Crippen molar-refractivity contribution in [1.82, 2.24) is 4.90 Å². The van der Waals surface area contributed by atoms with Gasteiger partial charge in [0.05, 0.1) is 6.61 Å². The maximum atomic E-state index is 12.4. The number of benzene rings is 1. The molecule has 0 heterocycles. The normalized spacial score (nSPS) is 10.5. The van der Waals surface area contributed by atoms with E-state index in [-0.39, 0.29) is 12.5 Å². The number of carbonyl (C=O) groups is 1. The van der Waals surface area contributed by atoms with Crippen molar-refractivity contribution in [2.75, 3.05) is 19.7 Å². The molecule has 1 N–H and O–H groups in total. The summed E-state index contributed by atoms with van der Waals surface area (Å²) in [6.07, 6.45) is 4.52. The van der Waals surface area contributed by atoms with Gasteiger partial charge in [-0.25, -0.2) is 0 Å². The van der Waals surface area contributed by atoms with E-state index in [9.17, 15) is 4.79 Å². The Hall–Kier alpha value is -0.620. The van der Waals surface area contributed by atoms with E-state index in [4.69, 9.17) is 5.11 Å². The van der Waals surface area contributed by atoms with Crippen molar-refractivity contribution in [2.24, 2.45) is 0 Å². The third kappa shape index (κ3) is 5.91. The lowest BCUT2D eigenvalue weighted by atomic mass is 10.1. The first kappa shape index (κ1) is 16.4. The number of aliphatic hydroxyl groups excluding tert-OH is 1. The molecular formula is C15H22INO2. The molecule has 0 aliphatic carbocycles. The fourth-order valence-electron chi connectivity index (χ4n) is 1.97. The molecule has 3 nitrogen and oxygen atoms in total. The summed E-state index contributed by atoms with van der Waals surface area (Å²) < 4.78 is 1.05. The van der Waals surface area contributed by atoms with Crippen molar-refractivity contribution in [3.63, 3.8) is 0 Å². The van der Waals surface area contributed by atoms with Crippen LogP contribution in [0.5, 0.6) is 0 Å². The van der Waals surface area contributed by atoms with Gasteiger partial charge in [-0.15, -0.1) is 0 Å². The van der Waals surface area contributed by atoms with Gasteiger partial charge in [-0.1, -0.05) is 32.3 Å². The molecule has 19 heavy (non-hydrogen) atoms. The van der Waals surface area contributed by atoms with Crippen molar-refractivity contribution in [2.45, 2.75) is 32.6 Å². The van der Waals surface area contributed by atoms with Gasteiger partial charge in [-0.3, -0.25) is 4.79 Å². The molecule has 0 saturated heterocycles. The molecule has 1 amide bonds. The number of amides is 1. The maximum Gasteiger partial charge on any atom is 0.253 e. The standard InChI is InChI=1S/C15H22INO2/c1-2-3-4-5-9-17(10-11-18)15(19)13-7-6-8-14(16)12-13/h6-8,12,18H,2-5,9-11H2,1H3. The molecule has 0 aliphatic heterocycles. The minimum Gasteiger partial charge on any atom is -0.395 e. The minimum absolute atomic E-state index is 0.0173. The molecule has 4 heteroatoms. The molecule has 0 fully saturated rings. The Kier molecular flexibility index (Phi) is 8.05. The third-order valence-electron chi connectivity index (χ3n) is 3.01. The van der Waals surface area contributed by atoms with Crippen LogP contribution in [0.2, 0.25) is 0 Å². The van der Waals surface area contributed by atoms with Gasteiger partial charge in [0.1, 0.15) is 0 Å². The van der Waals surface area contributed by atoms with E-state index in [0.717, 1.165) is 23.0 Å². The van der Waals surface area contributed by atoms with Gasteiger partial charge in [0.2, 0.25) is 0 Å². The summed E-state index contributed by atoms with van der Waals surface area (Å²) in [6, 6.07) is 7.58. The fraction of sp³-hybridized carbons (Fsp3) is 0.533. The van der Waals surface area contributed by atoms with Gasteiger partial charge >= 0.3 is 0 Å². The van der Waals surface area contributed by atoms with Gasteiger partial charge in [-0.05, 0) is 47.2 Å². The molecule has 0 saturated carbocycles. The number of halogens is 1. The molecule has 0 aromatic heterocycles. The van der Waals surface area contributed by atoms with Crippen molar-refractivity contribution in [3.05, 3.63) is 33.4 Å². The topological polar surface area (TPSA) is 40.5 Å². The number of hydrogen-bond acceptors (Lipinski definition) is 2. The molecular weight excluding hydrogens is 353 g/mol. The number of rotatable bonds is 8. The molecule has 0 bridgehead atoms. The highest BCUT2D eigenvalue weighted by Gasteiger charge is 2.14. The molecule has 0 spiro atoms. The number of nitrogens with zero attached hydrogens (tertiary/aromatic N) is 1. The summed E-state index contributed by atoms with van der Waals surface area (Å²) in [7, 11) is 0. The first-order chi connectivity index (χ1) is 9.19. The SMILES string of the molecule is CCCCCCN(CCO)C(=O)c1cccc(I)c1. The van der Waals surface area contributed by atoms with Crippen LogP contribution in [0.3, 0.4) is 0 Å². The average Bonchev–Trinajstić information content (AvgIpc) is 2.41. The van der Waals surface area contributed by atoms with E-state index in [0.29, 0.717) is 12.1 Å². The summed E-state index contributed by atoms with van der Waals surface area (Å²) in [4.78, 5) is 14.1. The molecule has 0 atom stereocenters. The number of aliphatic hydroxyl groups is 1. The Bertz CT molecular complexity index is 395. The zero-order chi connectivity index (χ0) is 14.1. The fourth-order valence-corrected chi connectivity index (χ4v) is 2.51. The zero-order valence-corrected chi connectivity index (χ0v) is 13.6. The van der Waals surface area contributed by atoms with Gasteiger partial charge < -0.3 is 10.0 Å². The van der Waals surface area contributed by atoms with Crippen molar-refractivity contribution >= 4 is 28.5 Å². The van der Waals surface area contributed by atoms with Crippen LogP contribution in [0.4, 0.5) is 0 Å². The maximum absolute atomic E-state index is 12.4. The Morgan fingerprint density at radius 2 is 2.05 bits per heavy atom. The van der Waals surface area contributed by atoms with E-state index >= 15 is 0 Å². The van der Waals surface area contributed by atoms with E-state index in [1.807, 2.05) is 24.3 Å². The van der Waals surface area contributed by atoms with Crippen LogP contribution < -0.4 is 0 Å². The summed E-state index contributed by atoms with van der Waals surface area (Å²) in [6.45, 7) is 3.33. The number of carbonyl (C=O) groups excluding carboxylic acids is 1. The van der Waals surface area contributed by atoms with Crippen LogP contribution in [0, 0.1) is 3.57 Å². The second-order valence-electron chi connectivity index (χ2n) is 4.59. The molecule has 1 aromatic rings. The van der Waals surface area contributed by atoms with Gasteiger partial charge in [0.25, 0.3) is 5.91 Å². The molecule has 1 aromatic carbocycles. The summed E-state index contributed by atoms with van der Waals surface area (Å²) in [5, 5.41) is 9.09. The Morgan fingerprint density at radius 1 is 1.26 bits per heavy atom. The Labute approximate surface area is 129 Å². The zero-order valence-electron chi connectivity index (χ0n) is 11.4. The highest BCUT2D eigenvalue weighted by molar-refractivity contribution is 14.1. The third-order valence-corrected chi connectivity index (χ3v) is 3.68. The molecule has 0 aliphatic rings. The van der Waals surface area contributed by atoms with Crippen LogP contribution in [0.1, 0.15) is 43.0 Å². The summed E-state index contributed by atoms with van der Waals surface area (Å²) in [5.41, 5.74) is 0.704. The smallest absolute Gasteiger partial charge is 0.253 e. The predicted molar refractivity (Wildman–Crippen MR) is 86.3 cm³/mol. The van der Waals surface area contributed by atoms with Crippen molar-refractivity contribution in [1.29, 1.82) is 0 Å². The van der Waals surface area contributed by atoms with Crippen LogP contribution >= 0.6 is 22.6 Å².